The normalized spacial score (nSPS) is 11.8. The molecule has 1 N–H and O–H groups in total. The van der Waals surface area contributed by atoms with Crippen molar-refractivity contribution < 1.29 is 27.0 Å². The minimum Gasteiger partial charge on any atom is -0.496 e. The van der Waals surface area contributed by atoms with Crippen LogP contribution < -0.4 is 9.47 Å². The van der Waals surface area contributed by atoms with Crippen LogP contribution in [0.25, 0.3) is 11.0 Å². The number of hydrogen-bond donors (Lipinski definition) is 1. The van der Waals surface area contributed by atoms with Crippen LogP contribution in [-0.4, -0.2) is 28.4 Å². The summed E-state index contributed by atoms with van der Waals surface area (Å²) < 4.78 is 59.5. The van der Waals surface area contributed by atoms with Crippen molar-refractivity contribution in [3.8, 4) is 11.5 Å². The molecule has 5 nitrogen and oxygen atoms in total. The van der Waals surface area contributed by atoms with Gasteiger partial charge in [0.15, 0.2) is 16.7 Å². The van der Waals surface area contributed by atoms with Gasteiger partial charge in [0.25, 0.3) is 0 Å². The number of benzene rings is 1. The fraction of sp³-hybridized carbons (Fsp3) is 0.250. The third kappa shape index (κ3) is 4.01. The van der Waals surface area contributed by atoms with Crippen molar-refractivity contribution >= 4 is 22.8 Å². The number of nitrogens with one attached hydrogen (secondary N) is 1. The number of ether oxygens (including phenoxy) is 2. The SMILES string of the molecule is COc1ccnc(CSc2nc3cc(OC(F)(F)F)c(F)cc3[nH]2)c1C. The smallest absolute Gasteiger partial charge is 0.496 e. The molecule has 0 aliphatic heterocycles. The first kappa shape index (κ1) is 18.3. The summed E-state index contributed by atoms with van der Waals surface area (Å²) in [6.45, 7) is 1.87. The summed E-state index contributed by atoms with van der Waals surface area (Å²) in [5.41, 5.74) is 2.10. The molecule has 1 aromatic carbocycles. The quantitative estimate of drug-likeness (QED) is 0.512. The number of methoxy groups -OCH3 is 1. The number of aromatic nitrogens is 3. The van der Waals surface area contributed by atoms with Crippen LogP contribution in [0.5, 0.6) is 11.5 Å². The maximum atomic E-state index is 13.7. The number of thioether (sulfide) groups is 1. The van der Waals surface area contributed by atoms with Gasteiger partial charge in [-0.15, -0.1) is 13.2 Å². The first-order valence-corrected chi connectivity index (χ1v) is 8.31. The molecule has 0 saturated heterocycles. The number of alkyl halides is 3. The third-order valence-electron chi connectivity index (χ3n) is 3.56. The van der Waals surface area contributed by atoms with Gasteiger partial charge in [-0.2, -0.15) is 0 Å². The zero-order chi connectivity index (χ0) is 18.9. The average molecular weight is 387 g/mol. The zero-order valence-corrected chi connectivity index (χ0v) is 14.5. The van der Waals surface area contributed by atoms with Crippen molar-refractivity contribution in [3.63, 3.8) is 0 Å². The Morgan fingerprint density at radius 3 is 2.69 bits per heavy atom. The molecule has 10 heteroatoms. The number of H-pyrrole nitrogens is 1. The number of nitrogens with zero attached hydrogens (tertiary/aromatic N) is 2. The summed E-state index contributed by atoms with van der Waals surface area (Å²) in [6.07, 6.45) is -3.35. The van der Waals surface area contributed by atoms with E-state index in [0.29, 0.717) is 16.7 Å². The fourth-order valence-electron chi connectivity index (χ4n) is 2.32. The second kappa shape index (κ2) is 7.02. The van der Waals surface area contributed by atoms with Gasteiger partial charge >= 0.3 is 6.36 Å². The van der Waals surface area contributed by atoms with Gasteiger partial charge in [0, 0.05) is 29.6 Å². The molecule has 0 radical (unpaired) electrons. The Balaban J connectivity index is 1.81. The maximum absolute atomic E-state index is 13.7. The first-order chi connectivity index (χ1) is 12.3. The van der Waals surface area contributed by atoms with E-state index in [2.05, 4.69) is 19.7 Å². The van der Waals surface area contributed by atoms with Gasteiger partial charge < -0.3 is 14.5 Å². The van der Waals surface area contributed by atoms with E-state index in [9.17, 15) is 17.6 Å². The van der Waals surface area contributed by atoms with Crippen molar-refractivity contribution in [1.29, 1.82) is 0 Å². The molecule has 0 aliphatic rings. The molecule has 0 fully saturated rings. The van der Waals surface area contributed by atoms with Gasteiger partial charge in [0.05, 0.1) is 23.8 Å². The highest BCUT2D eigenvalue weighted by atomic mass is 32.2. The predicted octanol–water partition coefficient (Wildman–Crippen LogP) is 4.60. The summed E-state index contributed by atoms with van der Waals surface area (Å²) in [5, 5.41) is 0.424. The Hall–Kier alpha value is -2.49. The average Bonchev–Trinajstić information content (AvgIpc) is 2.94. The lowest BCUT2D eigenvalue weighted by molar-refractivity contribution is -0.275. The summed E-state index contributed by atoms with van der Waals surface area (Å²) in [4.78, 5) is 11.3. The molecular formula is C16H13F4N3O2S. The molecule has 0 atom stereocenters. The molecule has 3 aromatic rings. The first-order valence-electron chi connectivity index (χ1n) is 7.33. The lowest BCUT2D eigenvalue weighted by Crippen LogP contribution is -2.17. The standard InChI is InChI=1S/C16H13F4N3O2S/c1-8-12(21-4-3-13(8)24-2)7-26-15-22-10-5-9(17)14(6-11(10)23-15)25-16(18,19)20/h3-6H,7H2,1-2H3,(H,22,23). The van der Waals surface area contributed by atoms with Gasteiger partial charge in [0.1, 0.15) is 5.75 Å². The highest BCUT2D eigenvalue weighted by Crippen LogP contribution is 2.31. The number of fused-ring (bicyclic) bond motifs is 1. The number of halogens is 4. The molecule has 0 aliphatic carbocycles. The lowest BCUT2D eigenvalue weighted by atomic mass is 10.2. The molecule has 3 rings (SSSR count). The molecule has 2 aromatic heterocycles. The van der Waals surface area contributed by atoms with Crippen LogP contribution in [0.1, 0.15) is 11.3 Å². The van der Waals surface area contributed by atoms with Crippen molar-refractivity contribution in [1.82, 2.24) is 15.0 Å². The molecule has 2 heterocycles. The minimum atomic E-state index is -4.97. The molecule has 0 amide bonds. The van der Waals surface area contributed by atoms with Crippen molar-refractivity contribution in [2.75, 3.05) is 7.11 Å². The third-order valence-corrected chi connectivity index (χ3v) is 4.45. The van der Waals surface area contributed by atoms with E-state index in [1.54, 1.807) is 19.4 Å². The largest absolute Gasteiger partial charge is 0.573 e. The van der Waals surface area contributed by atoms with Crippen LogP contribution in [0.4, 0.5) is 17.6 Å². The number of imidazole rings is 1. The van der Waals surface area contributed by atoms with Crippen molar-refractivity contribution in [2.45, 2.75) is 24.2 Å². The van der Waals surface area contributed by atoms with Crippen LogP contribution in [0.2, 0.25) is 0 Å². The Labute approximate surface area is 149 Å². The van der Waals surface area contributed by atoms with Crippen LogP contribution in [0, 0.1) is 12.7 Å². The molecule has 0 unspecified atom stereocenters. The Bertz CT molecular complexity index is 943. The van der Waals surface area contributed by atoms with Gasteiger partial charge in [-0.3, -0.25) is 4.98 Å². The van der Waals surface area contributed by atoms with E-state index in [1.165, 1.54) is 11.8 Å². The second-order valence-corrected chi connectivity index (χ2v) is 6.23. The van der Waals surface area contributed by atoms with Crippen LogP contribution in [0.3, 0.4) is 0 Å². The number of aromatic amines is 1. The van der Waals surface area contributed by atoms with E-state index in [4.69, 9.17) is 4.74 Å². The molecule has 0 spiro atoms. The maximum Gasteiger partial charge on any atom is 0.573 e. The van der Waals surface area contributed by atoms with Gasteiger partial charge in [-0.25, -0.2) is 9.37 Å². The van der Waals surface area contributed by atoms with Gasteiger partial charge in [0.2, 0.25) is 0 Å². The van der Waals surface area contributed by atoms with E-state index in [1.807, 2.05) is 6.92 Å². The summed E-state index contributed by atoms with van der Waals surface area (Å²) >= 11 is 1.29. The molecular weight excluding hydrogens is 374 g/mol. The summed E-state index contributed by atoms with van der Waals surface area (Å²) in [5.74, 6) is -0.882. The fourth-order valence-corrected chi connectivity index (χ4v) is 3.23. The van der Waals surface area contributed by atoms with Crippen molar-refractivity contribution in [2.24, 2.45) is 0 Å². The Kier molecular flexibility index (Phi) is 4.94. The number of rotatable bonds is 5. The van der Waals surface area contributed by atoms with Gasteiger partial charge in [-0.1, -0.05) is 11.8 Å². The topological polar surface area (TPSA) is 60.0 Å². The van der Waals surface area contributed by atoms with Crippen molar-refractivity contribution in [3.05, 3.63) is 41.5 Å². The second-order valence-electron chi connectivity index (χ2n) is 5.26. The highest BCUT2D eigenvalue weighted by molar-refractivity contribution is 7.98. The van der Waals surface area contributed by atoms with E-state index < -0.39 is 17.9 Å². The Morgan fingerprint density at radius 1 is 1.23 bits per heavy atom. The van der Waals surface area contributed by atoms with E-state index in [0.717, 1.165) is 23.4 Å². The lowest BCUT2D eigenvalue weighted by Gasteiger charge is -2.09. The van der Waals surface area contributed by atoms with E-state index >= 15 is 0 Å². The summed E-state index contributed by atoms with van der Waals surface area (Å²) in [7, 11) is 1.56. The molecule has 26 heavy (non-hydrogen) atoms. The predicted molar refractivity (Wildman–Crippen MR) is 87.8 cm³/mol. The number of hydrogen-bond acceptors (Lipinski definition) is 5. The zero-order valence-electron chi connectivity index (χ0n) is 13.6. The van der Waals surface area contributed by atoms with Crippen LogP contribution >= 0.6 is 11.8 Å². The van der Waals surface area contributed by atoms with E-state index in [-0.39, 0.29) is 11.0 Å². The highest BCUT2D eigenvalue weighted by Gasteiger charge is 2.32. The molecule has 138 valence electrons. The van der Waals surface area contributed by atoms with Crippen LogP contribution in [-0.2, 0) is 5.75 Å². The minimum absolute atomic E-state index is 0.170. The monoisotopic (exact) mass is 387 g/mol. The summed E-state index contributed by atoms with van der Waals surface area (Å²) in [6, 6.07) is 3.58. The molecule has 0 saturated carbocycles. The Morgan fingerprint density at radius 2 is 2.00 bits per heavy atom. The number of pyridine rings is 1. The molecule has 0 bridgehead atoms. The van der Waals surface area contributed by atoms with Crippen LogP contribution in [0.15, 0.2) is 29.6 Å². The van der Waals surface area contributed by atoms with Gasteiger partial charge in [-0.05, 0) is 13.0 Å².